The van der Waals surface area contributed by atoms with Gasteiger partial charge in [0.15, 0.2) is 0 Å². The van der Waals surface area contributed by atoms with Crippen molar-refractivity contribution >= 4 is 0 Å². The molecule has 5 nitrogen and oxygen atoms in total. The van der Waals surface area contributed by atoms with Gasteiger partial charge in [0, 0.05) is 20.1 Å². The fourth-order valence-corrected chi connectivity index (χ4v) is 1.93. The summed E-state index contributed by atoms with van der Waals surface area (Å²) >= 11 is 0. The normalized spacial score (nSPS) is 23.2. The molecule has 1 fully saturated rings. The van der Waals surface area contributed by atoms with E-state index in [1.165, 1.54) is 6.33 Å². The molecule has 2 rings (SSSR count). The lowest BCUT2D eigenvalue weighted by Gasteiger charge is -2.14. The molecule has 1 aromatic heterocycles. The molecule has 2 unspecified atom stereocenters. The molecule has 0 spiro atoms. The maximum atomic E-state index is 9.84. The van der Waals surface area contributed by atoms with Crippen molar-refractivity contribution in [2.75, 3.05) is 6.61 Å². The van der Waals surface area contributed by atoms with E-state index in [9.17, 15) is 5.11 Å². The summed E-state index contributed by atoms with van der Waals surface area (Å²) < 4.78 is 7.16. The summed E-state index contributed by atoms with van der Waals surface area (Å²) in [6.45, 7) is 0.835. The van der Waals surface area contributed by atoms with Crippen LogP contribution < -0.4 is 0 Å². The SMILES string of the molecule is Cn1ncnc1CC(O)CC1CCCO1. The number of hydrogen-bond donors (Lipinski definition) is 1. The number of rotatable bonds is 4. The first-order valence-corrected chi connectivity index (χ1v) is 5.38. The van der Waals surface area contributed by atoms with Crippen LogP contribution in [0.1, 0.15) is 25.1 Å². The van der Waals surface area contributed by atoms with Gasteiger partial charge in [0.2, 0.25) is 0 Å². The fraction of sp³-hybridized carbons (Fsp3) is 0.800. The lowest BCUT2D eigenvalue weighted by molar-refractivity contribution is 0.0530. The Hall–Kier alpha value is -0.940. The second kappa shape index (κ2) is 4.72. The molecule has 0 amide bonds. The third-order valence-electron chi connectivity index (χ3n) is 2.78. The third-order valence-corrected chi connectivity index (χ3v) is 2.78. The summed E-state index contributed by atoms with van der Waals surface area (Å²) in [5.41, 5.74) is 0. The molecule has 0 bridgehead atoms. The van der Waals surface area contributed by atoms with Gasteiger partial charge in [-0.15, -0.1) is 0 Å². The molecular formula is C10H17N3O2. The molecule has 0 saturated carbocycles. The predicted octanol–water partition coefficient (Wildman–Crippen LogP) is 0.288. The third kappa shape index (κ3) is 2.76. The van der Waals surface area contributed by atoms with Crippen molar-refractivity contribution in [3.63, 3.8) is 0 Å². The molecule has 1 aliphatic rings. The average Bonchev–Trinajstić information content (AvgIpc) is 2.79. The molecule has 0 aliphatic carbocycles. The van der Waals surface area contributed by atoms with Gasteiger partial charge in [-0.05, 0) is 19.3 Å². The van der Waals surface area contributed by atoms with Gasteiger partial charge in [-0.1, -0.05) is 0 Å². The highest BCUT2D eigenvalue weighted by Gasteiger charge is 2.20. The topological polar surface area (TPSA) is 60.2 Å². The van der Waals surface area contributed by atoms with E-state index >= 15 is 0 Å². The summed E-state index contributed by atoms with van der Waals surface area (Å²) in [6.07, 6.45) is 4.79. The molecule has 15 heavy (non-hydrogen) atoms. The van der Waals surface area contributed by atoms with Crippen molar-refractivity contribution in [1.82, 2.24) is 14.8 Å². The molecule has 0 aromatic carbocycles. The highest BCUT2D eigenvalue weighted by atomic mass is 16.5. The van der Waals surface area contributed by atoms with Crippen molar-refractivity contribution < 1.29 is 9.84 Å². The van der Waals surface area contributed by atoms with Crippen LogP contribution in [0.5, 0.6) is 0 Å². The van der Waals surface area contributed by atoms with Crippen LogP contribution in [-0.4, -0.2) is 38.7 Å². The van der Waals surface area contributed by atoms with Crippen molar-refractivity contribution in [1.29, 1.82) is 0 Å². The number of ether oxygens (including phenoxy) is 1. The maximum Gasteiger partial charge on any atom is 0.138 e. The van der Waals surface area contributed by atoms with Crippen LogP contribution >= 0.6 is 0 Å². The van der Waals surface area contributed by atoms with Crippen molar-refractivity contribution in [3.8, 4) is 0 Å². The Kier molecular flexibility index (Phi) is 3.33. The van der Waals surface area contributed by atoms with Crippen molar-refractivity contribution in [2.45, 2.75) is 37.9 Å². The minimum absolute atomic E-state index is 0.230. The van der Waals surface area contributed by atoms with Crippen LogP contribution in [0, 0.1) is 0 Å². The molecule has 1 saturated heterocycles. The van der Waals surface area contributed by atoms with E-state index in [-0.39, 0.29) is 12.2 Å². The minimum Gasteiger partial charge on any atom is -0.393 e. The quantitative estimate of drug-likeness (QED) is 0.777. The van der Waals surface area contributed by atoms with E-state index in [2.05, 4.69) is 10.1 Å². The summed E-state index contributed by atoms with van der Waals surface area (Å²) in [6, 6.07) is 0. The lowest BCUT2D eigenvalue weighted by atomic mass is 10.1. The zero-order chi connectivity index (χ0) is 10.7. The molecule has 5 heteroatoms. The van der Waals surface area contributed by atoms with Crippen LogP contribution in [-0.2, 0) is 18.2 Å². The molecule has 1 aromatic rings. The van der Waals surface area contributed by atoms with Crippen LogP contribution in [0.25, 0.3) is 0 Å². The van der Waals surface area contributed by atoms with Crippen LogP contribution in [0.2, 0.25) is 0 Å². The number of aryl methyl sites for hydroxylation is 1. The Balaban J connectivity index is 1.81. The van der Waals surface area contributed by atoms with Crippen molar-refractivity contribution in [3.05, 3.63) is 12.2 Å². The average molecular weight is 211 g/mol. The van der Waals surface area contributed by atoms with Crippen LogP contribution in [0.4, 0.5) is 0 Å². The fourth-order valence-electron chi connectivity index (χ4n) is 1.93. The second-order valence-corrected chi connectivity index (χ2v) is 4.03. The van der Waals surface area contributed by atoms with Gasteiger partial charge in [-0.25, -0.2) is 4.98 Å². The monoisotopic (exact) mass is 211 g/mol. The number of aliphatic hydroxyl groups excluding tert-OH is 1. The Morgan fingerprint density at radius 2 is 2.60 bits per heavy atom. The Bertz CT molecular complexity index is 307. The van der Waals surface area contributed by atoms with E-state index in [0.717, 1.165) is 25.3 Å². The zero-order valence-electron chi connectivity index (χ0n) is 8.96. The van der Waals surface area contributed by atoms with E-state index < -0.39 is 0 Å². The largest absolute Gasteiger partial charge is 0.393 e. The molecule has 84 valence electrons. The van der Waals surface area contributed by atoms with Crippen LogP contribution in [0.15, 0.2) is 6.33 Å². The highest BCUT2D eigenvalue weighted by molar-refractivity contribution is 4.87. The van der Waals surface area contributed by atoms with Gasteiger partial charge in [0.25, 0.3) is 0 Å². The van der Waals surface area contributed by atoms with E-state index in [1.54, 1.807) is 4.68 Å². The molecule has 2 atom stereocenters. The summed E-state index contributed by atoms with van der Waals surface area (Å²) in [7, 11) is 1.83. The number of nitrogens with zero attached hydrogens (tertiary/aromatic N) is 3. The molecule has 2 heterocycles. The van der Waals surface area contributed by atoms with E-state index in [4.69, 9.17) is 4.74 Å². The van der Waals surface area contributed by atoms with Gasteiger partial charge >= 0.3 is 0 Å². The highest BCUT2D eigenvalue weighted by Crippen LogP contribution is 2.18. The first kappa shape index (κ1) is 10.6. The van der Waals surface area contributed by atoms with Crippen molar-refractivity contribution in [2.24, 2.45) is 7.05 Å². The van der Waals surface area contributed by atoms with E-state index in [1.807, 2.05) is 7.05 Å². The van der Waals surface area contributed by atoms with Gasteiger partial charge in [0.05, 0.1) is 12.2 Å². The van der Waals surface area contributed by atoms with Gasteiger partial charge in [-0.2, -0.15) is 5.10 Å². The first-order chi connectivity index (χ1) is 7.25. The van der Waals surface area contributed by atoms with Crippen LogP contribution in [0.3, 0.4) is 0 Å². The van der Waals surface area contributed by atoms with Gasteiger partial charge in [-0.3, -0.25) is 4.68 Å². The zero-order valence-corrected chi connectivity index (χ0v) is 8.96. The maximum absolute atomic E-state index is 9.84. The first-order valence-electron chi connectivity index (χ1n) is 5.38. The second-order valence-electron chi connectivity index (χ2n) is 4.03. The molecule has 1 aliphatic heterocycles. The number of aromatic nitrogens is 3. The smallest absolute Gasteiger partial charge is 0.138 e. The lowest BCUT2D eigenvalue weighted by Crippen LogP contribution is -2.20. The summed E-state index contributed by atoms with van der Waals surface area (Å²) in [4.78, 5) is 4.08. The van der Waals surface area contributed by atoms with Gasteiger partial charge in [0.1, 0.15) is 12.2 Å². The molecule has 1 N–H and O–H groups in total. The Morgan fingerprint density at radius 1 is 1.73 bits per heavy atom. The Labute approximate surface area is 89.1 Å². The van der Waals surface area contributed by atoms with Gasteiger partial charge < -0.3 is 9.84 Å². The number of hydrogen-bond acceptors (Lipinski definition) is 4. The minimum atomic E-state index is -0.379. The molecule has 0 radical (unpaired) electrons. The standard InChI is InChI=1S/C10H17N3O2/c1-13-10(11-7-12-13)6-8(14)5-9-3-2-4-15-9/h7-9,14H,2-6H2,1H3. The Morgan fingerprint density at radius 3 is 3.20 bits per heavy atom. The van der Waals surface area contributed by atoms with E-state index in [0.29, 0.717) is 12.8 Å². The molecular weight excluding hydrogens is 194 g/mol. The predicted molar refractivity (Wildman–Crippen MR) is 54.3 cm³/mol. The number of aliphatic hydroxyl groups is 1. The summed E-state index contributed by atoms with van der Waals surface area (Å²) in [5, 5.41) is 13.8. The summed E-state index contributed by atoms with van der Waals surface area (Å²) in [5.74, 6) is 0.820.